The Morgan fingerprint density at radius 1 is 1.29 bits per heavy atom. The number of hydrogen-bond donors (Lipinski definition) is 1. The first-order valence-corrected chi connectivity index (χ1v) is 4.79. The van der Waals surface area contributed by atoms with E-state index in [0.29, 0.717) is 5.56 Å². The Hall–Kier alpha value is -1.45. The van der Waals surface area contributed by atoms with E-state index in [0.717, 1.165) is 0 Å². The van der Waals surface area contributed by atoms with Crippen molar-refractivity contribution in [1.29, 1.82) is 0 Å². The van der Waals surface area contributed by atoms with Crippen LogP contribution < -0.4 is 0 Å². The van der Waals surface area contributed by atoms with E-state index in [-0.39, 0.29) is 0 Å². The highest BCUT2D eigenvalue weighted by atomic mass is 31.1. The van der Waals surface area contributed by atoms with Gasteiger partial charge in [0.15, 0.2) is 6.10 Å². The van der Waals surface area contributed by atoms with E-state index in [1.165, 1.54) is 12.1 Å². The molecule has 74 valence electrons. The summed E-state index contributed by atoms with van der Waals surface area (Å²) in [5, 5.41) is 8.68. The molecule has 6 heteroatoms. The summed E-state index contributed by atoms with van der Waals surface area (Å²) in [4.78, 5) is 10.6. The van der Waals surface area contributed by atoms with Crippen LogP contribution in [0.25, 0.3) is 0 Å². The predicted molar refractivity (Wildman–Crippen MR) is 46.2 cm³/mol. The second-order valence-corrected chi connectivity index (χ2v) is 3.12. The van der Waals surface area contributed by atoms with Crippen molar-refractivity contribution in [1.82, 2.24) is 0 Å². The van der Waals surface area contributed by atoms with E-state index in [2.05, 4.69) is 4.52 Å². The average Bonchev–Trinajstić information content (AvgIpc) is 2.15. The molecule has 0 spiro atoms. The summed E-state index contributed by atoms with van der Waals surface area (Å²) < 4.78 is 24.7. The van der Waals surface area contributed by atoms with E-state index in [1.807, 2.05) is 0 Å². The second-order valence-electron chi connectivity index (χ2n) is 2.46. The van der Waals surface area contributed by atoms with Crippen molar-refractivity contribution in [2.24, 2.45) is 0 Å². The van der Waals surface area contributed by atoms with E-state index in [1.54, 1.807) is 18.2 Å². The van der Waals surface area contributed by atoms with Gasteiger partial charge < -0.3 is 5.11 Å². The van der Waals surface area contributed by atoms with E-state index in [9.17, 15) is 13.9 Å². The summed E-state index contributed by atoms with van der Waals surface area (Å²) in [7, 11) is -3.18. The molecule has 0 aromatic heterocycles. The molecule has 0 amide bonds. The molecule has 1 N–H and O–H groups in total. The Kier molecular flexibility index (Phi) is 3.56. The fourth-order valence-electron chi connectivity index (χ4n) is 0.962. The van der Waals surface area contributed by atoms with E-state index in [4.69, 9.17) is 5.11 Å². The fourth-order valence-corrected chi connectivity index (χ4v) is 1.35. The highest BCUT2D eigenvalue weighted by Crippen LogP contribution is 2.24. The summed E-state index contributed by atoms with van der Waals surface area (Å²) in [6.07, 6.45) is -1.46. The van der Waals surface area contributed by atoms with Crippen LogP contribution in [0.4, 0.5) is 0 Å². The molecular weight excluding hydrogens is 207 g/mol. The van der Waals surface area contributed by atoms with Gasteiger partial charge in [0.25, 0.3) is 0 Å². The van der Waals surface area contributed by atoms with Crippen molar-refractivity contribution < 1.29 is 23.6 Å². The summed E-state index contributed by atoms with van der Waals surface area (Å²) in [6.45, 7) is 0. The van der Waals surface area contributed by atoms with Gasteiger partial charge in [0.05, 0.1) is 0 Å². The first kappa shape index (κ1) is 10.6. The molecule has 14 heavy (non-hydrogen) atoms. The third-order valence-corrected chi connectivity index (χ3v) is 1.90. The number of carboxylic acids is 1. The Morgan fingerprint density at radius 3 is 2.29 bits per heavy atom. The summed E-state index contributed by atoms with van der Waals surface area (Å²) in [5.41, 5.74) is 0.291. The van der Waals surface area contributed by atoms with Crippen LogP contribution >= 0.6 is 7.91 Å². The van der Waals surface area contributed by atoms with Crippen molar-refractivity contribution in [3.05, 3.63) is 35.9 Å². The molecule has 1 rings (SSSR count). The number of rotatable bonds is 4. The van der Waals surface area contributed by atoms with Crippen LogP contribution in [0.3, 0.4) is 0 Å². The molecule has 1 atom stereocenters. The van der Waals surface area contributed by atoms with Crippen LogP contribution in [0.15, 0.2) is 30.3 Å². The molecule has 0 fully saturated rings. The zero-order valence-electron chi connectivity index (χ0n) is 6.99. The largest absolute Gasteiger partial charge is 0.479 e. The minimum absolute atomic E-state index is 0.291. The third-order valence-electron chi connectivity index (χ3n) is 1.52. The zero-order valence-corrected chi connectivity index (χ0v) is 7.89. The minimum atomic E-state index is -3.18. The van der Waals surface area contributed by atoms with Crippen LogP contribution in [-0.2, 0) is 18.4 Å². The summed E-state index contributed by atoms with van der Waals surface area (Å²) >= 11 is 0. The number of carboxylic acid groups (broad SMARTS) is 1. The highest BCUT2D eigenvalue weighted by molar-refractivity contribution is 7.24. The van der Waals surface area contributed by atoms with Gasteiger partial charge in [0.1, 0.15) is 0 Å². The maximum atomic E-state index is 10.6. The monoisotopic (exact) mass is 214 g/mol. The first-order chi connectivity index (χ1) is 6.61. The van der Waals surface area contributed by atoms with Crippen molar-refractivity contribution in [3.8, 4) is 0 Å². The van der Waals surface area contributed by atoms with Crippen molar-refractivity contribution in [2.75, 3.05) is 0 Å². The smallest absolute Gasteiger partial charge is 0.469 e. The molecule has 1 unspecified atom stereocenters. The molecule has 1 aromatic carbocycles. The molecule has 0 saturated carbocycles. The third kappa shape index (κ3) is 2.80. The predicted octanol–water partition coefficient (Wildman–Crippen LogP) is 1.92. The normalized spacial score (nSPS) is 12.0. The molecule has 0 saturated heterocycles. The molecule has 5 nitrogen and oxygen atoms in total. The van der Waals surface area contributed by atoms with Gasteiger partial charge in [-0.15, -0.1) is 0 Å². The van der Waals surface area contributed by atoms with Crippen LogP contribution in [-0.4, -0.2) is 11.1 Å². The average molecular weight is 214 g/mol. The molecular formula is C8H7O5P. The maximum absolute atomic E-state index is 10.6. The SMILES string of the molecule is O=C(O)C(OP(=O)=O)c1ccccc1. The number of carbonyl (C=O) groups is 1. The lowest BCUT2D eigenvalue weighted by atomic mass is 10.1. The summed E-state index contributed by atoms with van der Waals surface area (Å²) in [5.74, 6) is -1.34. The Balaban J connectivity index is 2.94. The van der Waals surface area contributed by atoms with Crippen molar-refractivity contribution in [2.45, 2.75) is 6.10 Å². The van der Waals surface area contributed by atoms with Gasteiger partial charge in [0.2, 0.25) is 0 Å². The van der Waals surface area contributed by atoms with Gasteiger partial charge in [-0.2, -0.15) is 0 Å². The van der Waals surface area contributed by atoms with Gasteiger partial charge in [-0.1, -0.05) is 30.3 Å². The quantitative estimate of drug-likeness (QED) is 0.774. The van der Waals surface area contributed by atoms with Crippen molar-refractivity contribution >= 4 is 13.9 Å². The zero-order chi connectivity index (χ0) is 10.6. The van der Waals surface area contributed by atoms with Gasteiger partial charge >= 0.3 is 13.9 Å². The van der Waals surface area contributed by atoms with Crippen LogP contribution in [0.1, 0.15) is 11.7 Å². The molecule has 0 heterocycles. The maximum Gasteiger partial charge on any atom is 0.469 e. The highest BCUT2D eigenvalue weighted by Gasteiger charge is 2.22. The van der Waals surface area contributed by atoms with Crippen LogP contribution in [0, 0.1) is 0 Å². The lowest BCUT2D eigenvalue weighted by Crippen LogP contribution is -2.11. The Labute approximate surface area is 80.2 Å². The molecule has 0 aliphatic carbocycles. The van der Waals surface area contributed by atoms with Gasteiger partial charge in [-0.3, -0.25) is 4.52 Å². The van der Waals surface area contributed by atoms with E-state index >= 15 is 0 Å². The van der Waals surface area contributed by atoms with Gasteiger partial charge in [-0.25, -0.2) is 13.9 Å². The van der Waals surface area contributed by atoms with Crippen LogP contribution in [0.5, 0.6) is 0 Å². The Morgan fingerprint density at radius 2 is 1.86 bits per heavy atom. The topological polar surface area (TPSA) is 80.7 Å². The molecule has 1 aromatic rings. The number of benzene rings is 1. The molecule has 0 aliphatic heterocycles. The molecule has 0 radical (unpaired) electrons. The number of hydrogen-bond acceptors (Lipinski definition) is 4. The lowest BCUT2D eigenvalue weighted by molar-refractivity contribution is -0.145. The molecule has 0 bridgehead atoms. The lowest BCUT2D eigenvalue weighted by Gasteiger charge is -2.07. The second kappa shape index (κ2) is 4.69. The molecule has 0 aliphatic rings. The number of aliphatic carboxylic acids is 1. The fraction of sp³-hybridized carbons (Fsp3) is 0.125. The van der Waals surface area contributed by atoms with Gasteiger partial charge in [-0.05, 0) is 5.56 Å². The Bertz CT molecular complexity index is 376. The first-order valence-electron chi connectivity index (χ1n) is 3.70. The van der Waals surface area contributed by atoms with Gasteiger partial charge in [0, 0.05) is 0 Å². The van der Waals surface area contributed by atoms with Crippen molar-refractivity contribution in [3.63, 3.8) is 0 Å². The standard InChI is InChI=1S/C8H7O5P/c9-8(10)7(13-14(11)12)6-4-2-1-3-5-6/h1-5,7H,(H,9,10). The summed E-state index contributed by atoms with van der Waals surface area (Å²) in [6, 6.07) is 7.87. The van der Waals surface area contributed by atoms with E-state index < -0.39 is 20.0 Å². The minimum Gasteiger partial charge on any atom is -0.479 e. The van der Waals surface area contributed by atoms with Crippen LogP contribution in [0.2, 0.25) is 0 Å².